The van der Waals surface area contributed by atoms with Gasteiger partial charge in [-0.2, -0.15) is 0 Å². The van der Waals surface area contributed by atoms with Crippen LogP contribution in [0.2, 0.25) is 0 Å². The number of ether oxygens (including phenoxy) is 2. The fraction of sp³-hybridized carbons (Fsp3) is 0.500. The zero-order valence-electron chi connectivity index (χ0n) is 11.6. The predicted molar refractivity (Wildman–Crippen MR) is 82.9 cm³/mol. The van der Waals surface area contributed by atoms with Gasteiger partial charge in [0.1, 0.15) is 6.42 Å². The van der Waals surface area contributed by atoms with E-state index < -0.39 is 5.97 Å². The topological polar surface area (TPSA) is 65.5 Å². The van der Waals surface area contributed by atoms with Crippen molar-refractivity contribution in [1.82, 2.24) is 4.98 Å². The maximum Gasteiger partial charge on any atom is 0.313 e. The van der Waals surface area contributed by atoms with Crippen LogP contribution in [0, 0.1) is 3.57 Å². The van der Waals surface area contributed by atoms with Gasteiger partial charge < -0.3 is 9.47 Å². The second kappa shape index (κ2) is 8.89. The van der Waals surface area contributed by atoms with Crippen molar-refractivity contribution < 1.29 is 19.1 Å². The van der Waals surface area contributed by atoms with Gasteiger partial charge in [-0.25, -0.2) is 4.98 Å². The molecule has 0 radical (unpaired) electrons. The van der Waals surface area contributed by atoms with E-state index in [0.717, 1.165) is 16.4 Å². The standard InChI is InChI=1S/C14H18INO4/c1-3-5-6-20-14-11(15)7-10(9-16-14)12(17)8-13(18)19-4-2/h7,9H,3-6,8H2,1-2H3. The zero-order valence-corrected chi connectivity index (χ0v) is 13.8. The van der Waals surface area contributed by atoms with Gasteiger partial charge in [0.25, 0.3) is 0 Å². The molecule has 1 heterocycles. The maximum absolute atomic E-state index is 11.9. The van der Waals surface area contributed by atoms with E-state index in [2.05, 4.69) is 34.5 Å². The molecule has 0 fully saturated rings. The third kappa shape index (κ3) is 5.44. The van der Waals surface area contributed by atoms with Gasteiger partial charge in [-0.15, -0.1) is 0 Å². The second-order valence-corrected chi connectivity index (χ2v) is 5.28. The first-order chi connectivity index (χ1) is 9.58. The summed E-state index contributed by atoms with van der Waals surface area (Å²) in [4.78, 5) is 27.3. The molecule has 0 N–H and O–H groups in total. The molecule has 110 valence electrons. The number of carbonyl (C=O) groups is 2. The Bertz CT molecular complexity index is 476. The van der Waals surface area contributed by atoms with Crippen molar-refractivity contribution in [2.24, 2.45) is 0 Å². The van der Waals surface area contributed by atoms with E-state index in [4.69, 9.17) is 9.47 Å². The SMILES string of the molecule is CCCCOc1ncc(C(=O)CC(=O)OCC)cc1I. The summed E-state index contributed by atoms with van der Waals surface area (Å²) in [6.07, 6.45) is 3.18. The number of rotatable bonds is 8. The van der Waals surface area contributed by atoms with Crippen LogP contribution in [0.15, 0.2) is 12.3 Å². The van der Waals surface area contributed by atoms with Crippen LogP contribution in [0.25, 0.3) is 0 Å². The first-order valence-corrected chi connectivity index (χ1v) is 7.63. The number of esters is 1. The minimum atomic E-state index is -0.518. The van der Waals surface area contributed by atoms with Crippen LogP contribution in [0.1, 0.15) is 43.5 Å². The molecular weight excluding hydrogens is 373 g/mol. The summed E-state index contributed by atoms with van der Waals surface area (Å²) < 4.78 is 11.0. The number of hydrogen-bond donors (Lipinski definition) is 0. The van der Waals surface area contributed by atoms with Gasteiger partial charge in [0.2, 0.25) is 5.88 Å². The van der Waals surface area contributed by atoms with Crippen molar-refractivity contribution in [2.45, 2.75) is 33.1 Å². The molecule has 0 unspecified atom stereocenters. The molecular formula is C14H18INO4. The molecule has 0 saturated heterocycles. The Balaban J connectivity index is 2.66. The number of carbonyl (C=O) groups excluding carboxylic acids is 2. The molecule has 0 aliphatic carbocycles. The highest BCUT2D eigenvalue weighted by molar-refractivity contribution is 14.1. The van der Waals surface area contributed by atoms with E-state index in [1.165, 1.54) is 6.20 Å². The number of halogens is 1. The van der Waals surface area contributed by atoms with E-state index in [-0.39, 0.29) is 18.8 Å². The van der Waals surface area contributed by atoms with Crippen LogP contribution < -0.4 is 4.74 Å². The van der Waals surface area contributed by atoms with Crippen LogP contribution in [0.3, 0.4) is 0 Å². The molecule has 1 aromatic heterocycles. The zero-order chi connectivity index (χ0) is 15.0. The van der Waals surface area contributed by atoms with E-state index >= 15 is 0 Å². The number of hydrogen-bond acceptors (Lipinski definition) is 5. The summed E-state index contributed by atoms with van der Waals surface area (Å²) in [5, 5.41) is 0. The van der Waals surface area contributed by atoms with Crippen molar-refractivity contribution in [3.05, 3.63) is 21.4 Å². The Morgan fingerprint density at radius 3 is 2.70 bits per heavy atom. The number of nitrogens with zero attached hydrogens (tertiary/aromatic N) is 1. The molecule has 0 saturated carbocycles. The lowest BCUT2D eigenvalue weighted by atomic mass is 10.1. The minimum Gasteiger partial charge on any atom is -0.477 e. The van der Waals surface area contributed by atoms with E-state index in [0.29, 0.717) is 18.1 Å². The average molecular weight is 391 g/mol. The molecule has 5 nitrogen and oxygen atoms in total. The fourth-order valence-corrected chi connectivity index (χ4v) is 2.07. The third-order valence-corrected chi connectivity index (χ3v) is 3.25. The molecule has 0 amide bonds. The Hall–Kier alpha value is -1.18. The van der Waals surface area contributed by atoms with Crippen LogP contribution in [-0.2, 0) is 9.53 Å². The average Bonchev–Trinajstić information content (AvgIpc) is 2.41. The number of aromatic nitrogens is 1. The van der Waals surface area contributed by atoms with Gasteiger partial charge in [0.15, 0.2) is 5.78 Å². The van der Waals surface area contributed by atoms with E-state index in [9.17, 15) is 9.59 Å². The molecule has 0 aliphatic rings. The Morgan fingerprint density at radius 1 is 1.35 bits per heavy atom. The molecule has 0 aliphatic heterocycles. The summed E-state index contributed by atoms with van der Waals surface area (Å²) in [5.41, 5.74) is 0.394. The van der Waals surface area contributed by atoms with Crippen LogP contribution in [0.4, 0.5) is 0 Å². The second-order valence-electron chi connectivity index (χ2n) is 4.12. The fourth-order valence-electron chi connectivity index (χ4n) is 1.44. The van der Waals surface area contributed by atoms with Crippen LogP contribution in [0.5, 0.6) is 5.88 Å². The number of Topliss-reactive ketones (excluding diaryl/α,β-unsaturated/α-hetero) is 1. The summed E-state index contributed by atoms with van der Waals surface area (Å²) in [6, 6.07) is 1.68. The molecule has 1 aromatic rings. The van der Waals surface area contributed by atoms with Gasteiger partial charge in [0.05, 0.1) is 16.8 Å². The highest BCUT2D eigenvalue weighted by atomic mass is 127. The Labute approximate surface area is 132 Å². The van der Waals surface area contributed by atoms with E-state index in [1.807, 2.05) is 0 Å². The Morgan fingerprint density at radius 2 is 2.10 bits per heavy atom. The molecule has 0 aromatic carbocycles. The molecule has 6 heteroatoms. The van der Waals surface area contributed by atoms with Gasteiger partial charge >= 0.3 is 5.97 Å². The molecule has 20 heavy (non-hydrogen) atoms. The number of ketones is 1. The lowest BCUT2D eigenvalue weighted by Gasteiger charge is -2.07. The first kappa shape index (κ1) is 16.9. The summed E-state index contributed by atoms with van der Waals surface area (Å²) in [5.74, 6) is -0.295. The van der Waals surface area contributed by atoms with Gasteiger partial charge in [-0.3, -0.25) is 9.59 Å². The van der Waals surface area contributed by atoms with Crippen molar-refractivity contribution in [3.63, 3.8) is 0 Å². The molecule has 0 atom stereocenters. The smallest absolute Gasteiger partial charge is 0.313 e. The summed E-state index contributed by atoms with van der Waals surface area (Å²) in [6.45, 7) is 4.66. The quantitative estimate of drug-likeness (QED) is 0.224. The highest BCUT2D eigenvalue weighted by Crippen LogP contribution is 2.20. The highest BCUT2D eigenvalue weighted by Gasteiger charge is 2.15. The third-order valence-electron chi connectivity index (χ3n) is 2.48. The predicted octanol–water partition coefficient (Wildman–Crippen LogP) is 3.00. The van der Waals surface area contributed by atoms with E-state index in [1.54, 1.807) is 13.0 Å². The van der Waals surface area contributed by atoms with Gasteiger partial charge in [-0.1, -0.05) is 13.3 Å². The van der Waals surface area contributed by atoms with Crippen LogP contribution in [-0.4, -0.2) is 30.0 Å². The van der Waals surface area contributed by atoms with Crippen molar-refractivity contribution in [2.75, 3.05) is 13.2 Å². The lowest BCUT2D eigenvalue weighted by molar-refractivity contribution is -0.141. The van der Waals surface area contributed by atoms with Crippen molar-refractivity contribution >= 4 is 34.3 Å². The molecule has 1 rings (SSSR count). The van der Waals surface area contributed by atoms with Gasteiger partial charge in [0, 0.05) is 11.8 Å². The minimum absolute atomic E-state index is 0.262. The first-order valence-electron chi connectivity index (χ1n) is 6.55. The normalized spacial score (nSPS) is 10.2. The number of pyridine rings is 1. The van der Waals surface area contributed by atoms with Crippen LogP contribution >= 0.6 is 22.6 Å². The van der Waals surface area contributed by atoms with Crippen molar-refractivity contribution in [3.8, 4) is 5.88 Å². The lowest BCUT2D eigenvalue weighted by Crippen LogP contribution is -2.12. The maximum atomic E-state index is 11.9. The van der Waals surface area contributed by atoms with Gasteiger partial charge in [-0.05, 0) is 42.0 Å². The summed E-state index contributed by atoms with van der Waals surface area (Å²) >= 11 is 2.07. The Kier molecular flexibility index (Phi) is 7.50. The molecule has 0 spiro atoms. The monoisotopic (exact) mass is 391 g/mol. The molecule has 0 bridgehead atoms. The van der Waals surface area contributed by atoms with Crippen molar-refractivity contribution in [1.29, 1.82) is 0 Å². The summed E-state index contributed by atoms with van der Waals surface area (Å²) in [7, 11) is 0. The largest absolute Gasteiger partial charge is 0.477 e. The number of unbranched alkanes of at least 4 members (excludes halogenated alkanes) is 1.